The molecule has 0 radical (unpaired) electrons. The fourth-order valence-corrected chi connectivity index (χ4v) is 4.35. The third-order valence-corrected chi connectivity index (χ3v) is 5.53. The van der Waals surface area contributed by atoms with Gasteiger partial charge in [0.1, 0.15) is 0 Å². The minimum absolute atomic E-state index is 0.224. The number of hydrogen-bond acceptors (Lipinski definition) is 4. The van der Waals surface area contributed by atoms with E-state index in [1.54, 1.807) is 48.8 Å². The third-order valence-electron chi connectivity index (χ3n) is 3.37. The Balaban J connectivity index is 2.25. The van der Waals surface area contributed by atoms with E-state index in [1.807, 2.05) is 0 Å². The van der Waals surface area contributed by atoms with Crippen LogP contribution in [-0.2, 0) is 16.4 Å². The first-order chi connectivity index (χ1) is 10.5. The average Bonchev–Trinajstić information content (AvgIpc) is 2.88. The Kier molecular flexibility index (Phi) is 4.03. The smallest absolute Gasteiger partial charge is 0.268 e. The second kappa shape index (κ2) is 5.83. The molecule has 0 saturated carbocycles. The van der Waals surface area contributed by atoms with Gasteiger partial charge in [-0.05, 0) is 48.9 Å². The molecule has 1 aromatic carbocycles. The Labute approximate surface area is 137 Å². The van der Waals surface area contributed by atoms with Gasteiger partial charge < -0.3 is 5.73 Å². The maximum atomic E-state index is 12.9. The molecule has 3 rings (SSSR count). The third kappa shape index (κ3) is 2.55. The van der Waals surface area contributed by atoms with Crippen LogP contribution in [0.25, 0.3) is 11.0 Å². The molecule has 0 saturated heterocycles. The molecule has 0 aliphatic carbocycles. The summed E-state index contributed by atoms with van der Waals surface area (Å²) in [4.78, 5) is 4.52. The summed E-state index contributed by atoms with van der Waals surface area (Å²) in [5.74, 6) is 0. The topological polar surface area (TPSA) is 78.0 Å². The highest BCUT2D eigenvalue weighted by molar-refractivity contribution is 9.10. The summed E-state index contributed by atoms with van der Waals surface area (Å²) in [7, 11) is -3.68. The van der Waals surface area contributed by atoms with Gasteiger partial charge >= 0.3 is 0 Å². The van der Waals surface area contributed by atoms with Crippen LogP contribution in [0.4, 0.5) is 0 Å². The molecule has 3 aromatic rings. The number of halogens is 1. The van der Waals surface area contributed by atoms with Crippen molar-refractivity contribution < 1.29 is 8.42 Å². The number of nitrogens with two attached hydrogens (primary N) is 1. The molecule has 0 atom stereocenters. The molecular formula is C15H14BrN3O2S. The quantitative estimate of drug-likeness (QED) is 0.755. The van der Waals surface area contributed by atoms with E-state index < -0.39 is 10.0 Å². The van der Waals surface area contributed by atoms with Crippen LogP contribution in [0.5, 0.6) is 0 Å². The highest BCUT2D eigenvalue weighted by Crippen LogP contribution is 2.25. The molecular weight excluding hydrogens is 366 g/mol. The largest absolute Gasteiger partial charge is 0.330 e. The van der Waals surface area contributed by atoms with Crippen molar-refractivity contribution in [2.75, 3.05) is 6.54 Å². The summed E-state index contributed by atoms with van der Waals surface area (Å²) in [6.07, 6.45) is 3.84. The second-order valence-electron chi connectivity index (χ2n) is 4.82. The molecule has 0 aliphatic rings. The number of nitrogens with zero attached hydrogens (tertiary/aromatic N) is 2. The van der Waals surface area contributed by atoms with E-state index in [1.165, 1.54) is 3.97 Å². The van der Waals surface area contributed by atoms with Gasteiger partial charge in [0.25, 0.3) is 10.0 Å². The first kappa shape index (κ1) is 15.2. The minimum Gasteiger partial charge on any atom is -0.330 e. The van der Waals surface area contributed by atoms with Gasteiger partial charge in [0.2, 0.25) is 0 Å². The van der Waals surface area contributed by atoms with Gasteiger partial charge in [0.05, 0.1) is 15.9 Å². The standard InChI is InChI=1S/C15H14BrN3O2S/c16-12-3-1-4-13(9-12)22(20,21)19-10-11(6-7-17)15-14(19)5-2-8-18-15/h1-5,8-10H,6-7,17H2. The fourth-order valence-electron chi connectivity index (χ4n) is 2.37. The van der Waals surface area contributed by atoms with Gasteiger partial charge in [-0.1, -0.05) is 22.0 Å². The lowest BCUT2D eigenvalue weighted by Gasteiger charge is -2.07. The Hall–Kier alpha value is -1.70. The normalized spacial score (nSPS) is 11.9. The van der Waals surface area contributed by atoms with Crippen LogP contribution in [0.15, 0.2) is 58.2 Å². The highest BCUT2D eigenvalue weighted by atomic mass is 79.9. The molecule has 0 aliphatic heterocycles. The predicted octanol–water partition coefficient (Wildman–Crippen LogP) is 2.54. The molecule has 0 spiro atoms. The SMILES string of the molecule is NCCc1cn(S(=O)(=O)c2cccc(Br)c2)c2cccnc12. The van der Waals surface area contributed by atoms with Gasteiger partial charge in [-0.2, -0.15) is 0 Å². The van der Waals surface area contributed by atoms with Crippen LogP contribution in [0.3, 0.4) is 0 Å². The minimum atomic E-state index is -3.68. The lowest BCUT2D eigenvalue weighted by atomic mass is 10.2. The van der Waals surface area contributed by atoms with E-state index in [0.29, 0.717) is 28.5 Å². The molecule has 22 heavy (non-hydrogen) atoms. The number of benzene rings is 1. The van der Waals surface area contributed by atoms with Gasteiger partial charge in [-0.3, -0.25) is 4.98 Å². The Morgan fingerprint density at radius 2 is 2.05 bits per heavy atom. The van der Waals surface area contributed by atoms with Gasteiger partial charge in [0.15, 0.2) is 0 Å². The highest BCUT2D eigenvalue weighted by Gasteiger charge is 2.21. The maximum Gasteiger partial charge on any atom is 0.268 e. The van der Waals surface area contributed by atoms with Crippen molar-refractivity contribution in [2.45, 2.75) is 11.3 Å². The number of rotatable bonds is 4. The van der Waals surface area contributed by atoms with E-state index in [0.717, 1.165) is 5.56 Å². The Bertz CT molecular complexity index is 935. The van der Waals surface area contributed by atoms with Crippen LogP contribution >= 0.6 is 15.9 Å². The zero-order valence-corrected chi connectivity index (χ0v) is 14.0. The summed E-state index contributed by atoms with van der Waals surface area (Å²) < 4.78 is 27.8. The number of pyridine rings is 1. The maximum absolute atomic E-state index is 12.9. The van der Waals surface area contributed by atoms with Crippen LogP contribution < -0.4 is 5.73 Å². The zero-order valence-electron chi connectivity index (χ0n) is 11.6. The van der Waals surface area contributed by atoms with Gasteiger partial charge in [0, 0.05) is 16.9 Å². The summed E-state index contributed by atoms with van der Waals surface area (Å²) in [5.41, 5.74) is 7.67. The zero-order chi connectivity index (χ0) is 15.7. The van der Waals surface area contributed by atoms with Crippen molar-refractivity contribution in [3.63, 3.8) is 0 Å². The first-order valence-electron chi connectivity index (χ1n) is 6.70. The van der Waals surface area contributed by atoms with Crippen LogP contribution in [0.1, 0.15) is 5.56 Å². The van der Waals surface area contributed by atoms with E-state index in [9.17, 15) is 8.42 Å². The van der Waals surface area contributed by atoms with Crippen LogP contribution in [-0.4, -0.2) is 23.9 Å². The van der Waals surface area contributed by atoms with E-state index >= 15 is 0 Å². The molecule has 2 heterocycles. The first-order valence-corrected chi connectivity index (χ1v) is 8.93. The van der Waals surface area contributed by atoms with Crippen molar-refractivity contribution in [1.82, 2.24) is 8.96 Å². The molecule has 2 N–H and O–H groups in total. The van der Waals surface area contributed by atoms with Crippen LogP contribution in [0.2, 0.25) is 0 Å². The number of fused-ring (bicyclic) bond motifs is 1. The monoisotopic (exact) mass is 379 g/mol. The van der Waals surface area contributed by atoms with Crippen molar-refractivity contribution in [2.24, 2.45) is 5.73 Å². The summed E-state index contributed by atoms with van der Waals surface area (Å²) >= 11 is 3.30. The average molecular weight is 380 g/mol. The molecule has 7 heteroatoms. The van der Waals surface area contributed by atoms with Crippen molar-refractivity contribution in [1.29, 1.82) is 0 Å². The van der Waals surface area contributed by atoms with Gasteiger partial charge in [-0.15, -0.1) is 0 Å². The molecule has 114 valence electrons. The van der Waals surface area contributed by atoms with Crippen molar-refractivity contribution in [3.8, 4) is 0 Å². The Morgan fingerprint density at radius 1 is 1.23 bits per heavy atom. The lowest BCUT2D eigenvalue weighted by Crippen LogP contribution is -2.12. The van der Waals surface area contributed by atoms with E-state index in [-0.39, 0.29) is 4.90 Å². The second-order valence-corrected chi connectivity index (χ2v) is 7.55. The van der Waals surface area contributed by atoms with Crippen molar-refractivity contribution >= 4 is 37.0 Å². The molecule has 5 nitrogen and oxygen atoms in total. The molecule has 0 amide bonds. The van der Waals surface area contributed by atoms with E-state index in [2.05, 4.69) is 20.9 Å². The molecule has 0 bridgehead atoms. The summed E-state index contributed by atoms with van der Waals surface area (Å²) in [6.45, 7) is 0.437. The van der Waals surface area contributed by atoms with Gasteiger partial charge in [-0.25, -0.2) is 12.4 Å². The van der Waals surface area contributed by atoms with Crippen molar-refractivity contribution in [3.05, 3.63) is 58.8 Å². The summed E-state index contributed by atoms with van der Waals surface area (Å²) in [6, 6.07) is 10.1. The molecule has 0 fully saturated rings. The molecule has 2 aromatic heterocycles. The summed E-state index contributed by atoms with van der Waals surface area (Å²) in [5, 5.41) is 0. The lowest BCUT2D eigenvalue weighted by molar-refractivity contribution is 0.589. The molecule has 0 unspecified atom stereocenters. The predicted molar refractivity (Wildman–Crippen MR) is 89.2 cm³/mol. The Morgan fingerprint density at radius 3 is 2.77 bits per heavy atom. The van der Waals surface area contributed by atoms with Crippen LogP contribution in [0, 0.1) is 0 Å². The number of aromatic nitrogens is 2. The number of hydrogen-bond donors (Lipinski definition) is 1. The fraction of sp³-hybridized carbons (Fsp3) is 0.133. The van der Waals surface area contributed by atoms with E-state index in [4.69, 9.17) is 5.73 Å².